The molecule has 9 heteroatoms. The van der Waals surface area contributed by atoms with E-state index in [1.807, 2.05) is 18.2 Å². The molecule has 2 amide bonds. The van der Waals surface area contributed by atoms with Crippen molar-refractivity contribution in [1.29, 1.82) is 0 Å². The monoisotopic (exact) mass is 504 g/mol. The zero-order chi connectivity index (χ0) is 22.4. The Morgan fingerprint density at radius 3 is 2.71 bits per heavy atom. The topological polar surface area (TPSA) is 96.0 Å². The molecule has 2 N–H and O–H groups in total. The Hall–Kier alpha value is -2.71. The Kier molecular flexibility index (Phi) is 7.81. The molecule has 2 aromatic carbocycles. The Morgan fingerprint density at radius 2 is 1.94 bits per heavy atom. The lowest BCUT2D eigenvalue weighted by Gasteiger charge is -2.06. The van der Waals surface area contributed by atoms with Gasteiger partial charge >= 0.3 is 0 Å². The molecule has 0 fully saturated rings. The molecule has 162 valence electrons. The minimum absolute atomic E-state index is 0.0744. The van der Waals surface area contributed by atoms with Gasteiger partial charge in [0, 0.05) is 34.9 Å². The quantitative estimate of drug-likeness (QED) is 0.295. The number of halogens is 2. The van der Waals surface area contributed by atoms with Crippen LogP contribution in [-0.4, -0.2) is 28.0 Å². The molecule has 0 aliphatic carbocycles. The van der Waals surface area contributed by atoms with Crippen LogP contribution in [0.1, 0.15) is 36.0 Å². The summed E-state index contributed by atoms with van der Waals surface area (Å²) in [6, 6.07) is 12.4. The van der Waals surface area contributed by atoms with Crippen molar-refractivity contribution in [2.45, 2.75) is 25.7 Å². The van der Waals surface area contributed by atoms with E-state index in [0.29, 0.717) is 28.9 Å². The van der Waals surface area contributed by atoms with Crippen LogP contribution in [-0.2, 0) is 11.8 Å². The maximum Gasteiger partial charge on any atom is 0.264 e. The zero-order valence-electron chi connectivity index (χ0n) is 16.9. The summed E-state index contributed by atoms with van der Waals surface area (Å²) in [5, 5.41) is 22.0. The normalized spacial score (nSPS) is 11.3. The van der Waals surface area contributed by atoms with Crippen LogP contribution < -0.4 is 5.32 Å². The van der Waals surface area contributed by atoms with Crippen molar-refractivity contribution in [2.75, 3.05) is 6.54 Å². The molecule has 0 spiro atoms. The molecule has 0 unspecified atom stereocenters. The average Bonchev–Trinajstić information content (AvgIpc) is 2.98. The van der Waals surface area contributed by atoms with Crippen LogP contribution in [0.5, 0.6) is 5.88 Å². The first-order valence-electron chi connectivity index (χ1n) is 9.82. The summed E-state index contributed by atoms with van der Waals surface area (Å²) in [4.78, 5) is 24.2. The van der Waals surface area contributed by atoms with Gasteiger partial charge in [0.2, 0.25) is 5.88 Å². The summed E-state index contributed by atoms with van der Waals surface area (Å²) in [7, 11) is 1.70. The van der Waals surface area contributed by atoms with E-state index in [4.69, 9.17) is 11.6 Å². The van der Waals surface area contributed by atoms with E-state index in [1.54, 1.807) is 35.9 Å². The van der Waals surface area contributed by atoms with E-state index >= 15 is 0 Å². The fourth-order valence-corrected chi connectivity index (χ4v) is 3.80. The number of aryl methyl sites for hydroxylation is 1. The summed E-state index contributed by atoms with van der Waals surface area (Å²) in [6.45, 7) is 0.528. The molecule has 0 saturated heterocycles. The summed E-state index contributed by atoms with van der Waals surface area (Å²) >= 11 is 9.39. The Balaban J connectivity index is 1.44. The van der Waals surface area contributed by atoms with E-state index in [-0.39, 0.29) is 29.8 Å². The van der Waals surface area contributed by atoms with Crippen molar-refractivity contribution in [3.63, 3.8) is 0 Å². The highest BCUT2D eigenvalue weighted by atomic mass is 79.9. The predicted octanol–water partition coefficient (Wildman–Crippen LogP) is 5.90. The smallest absolute Gasteiger partial charge is 0.264 e. The van der Waals surface area contributed by atoms with Crippen molar-refractivity contribution >= 4 is 55.9 Å². The molecule has 7 nitrogen and oxygen atoms in total. The third-order valence-electron chi connectivity index (χ3n) is 4.84. The van der Waals surface area contributed by atoms with E-state index in [1.165, 1.54) is 0 Å². The fraction of sp³-hybridized carbons (Fsp3) is 0.273. The number of carbonyl (C=O) groups is 2. The van der Waals surface area contributed by atoms with Crippen LogP contribution in [0.3, 0.4) is 0 Å². The second kappa shape index (κ2) is 10.5. The Morgan fingerprint density at radius 1 is 1.16 bits per heavy atom. The van der Waals surface area contributed by atoms with Crippen molar-refractivity contribution < 1.29 is 14.7 Å². The van der Waals surface area contributed by atoms with Crippen LogP contribution in [0.2, 0.25) is 5.02 Å². The lowest BCUT2D eigenvalue weighted by Crippen LogP contribution is -2.24. The number of hydrogen-bond acceptors (Lipinski definition) is 4. The Bertz CT molecular complexity index is 1140. The van der Waals surface area contributed by atoms with Gasteiger partial charge in [-0.3, -0.25) is 9.59 Å². The van der Waals surface area contributed by atoms with Crippen LogP contribution in [0.15, 0.2) is 57.2 Å². The second-order valence-electron chi connectivity index (χ2n) is 7.03. The number of nitrogens with zero attached hydrogens (tertiary/aromatic N) is 3. The largest absolute Gasteiger partial charge is 0.493 e. The SMILES string of the molecule is Cn1c(O)c(N=NC(=O)CCCCCNC(=O)c2ccccc2Br)c2cc(Cl)ccc21. The van der Waals surface area contributed by atoms with Gasteiger partial charge in [0.05, 0.1) is 11.1 Å². The van der Waals surface area contributed by atoms with Gasteiger partial charge in [0.15, 0.2) is 5.69 Å². The number of azo groups is 1. The molecule has 1 aromatic heterocycles. The van der Waals surface area contributed by atoms with Crippen LogP contribution >= 0.6 is 27.5 Å². The molecule has 31 heavy (non-hydrogen) atoms. The Labute approximate surface area is 193 Å². The first-order valence-corrected chi connectivity index (χ1v) is 11.0. The number of aromatic hydroxyl groups is 1. The van der Waals surface area contributed by atoms with Gasteiger partial charge in [-0.25, -0.2) is 0 Å². The third-order valence-corrected chi connectivity index (χ3v) is 5.76. The van der Waals surface area contributed by atoms with Crippen molar-refractivity contribution in [2.24, 2.45) is 17.3 Å². The van der Waals surface area contributed by atoms with Crippen LogP contribution in [0.4, 0.5) is 5.69 Å². The summed E-state index contributed by atoms with van der Waals surface area (Å²) < 4.78 is 2.32. The summed E-state index contributed by atoms with van der Waals surface area (Å²) in [5.74, 6) is -0.572. The maximum absolute atomic E-state index is 12.1. The van der Waals surface area contributed by atoms with Crippen LogP contribution in [0.25, 0.3) is 10.9 Å². The van der Waals surface area contributed by atoms with Gasteiger partial charge in [-0.1, -0.05) is 30.2 Å². The molecule has 0 bridgehead atoms. The van der Waals surface area contributed by atoms with Crippen molar-refractivity contribution in [3.8, 4) is 5.88 Å². The summed E-state index contributed by atoms with van der Waals surface area (Å²) in [5.41, 5.74) is 1.56. The number of amides is 2. The predicted molar refractivity (Wildman–Crippen MR) is 124 cm³/mol. The number of aromatic nitrogens is 1. The van der Waals surface area contributed by atoms with Gasteiger partial charge in [0.25, 0.3) is 11.8 Å². The lowest BCUT2D eigenvalue weighted by molar-refractivity contribution is -0.118. The third kappa shape index (κ3) is 5.71. The number of nitrogens with one attached hydrogen (secondary N) is 1. The molecule has 0 aliphatic rings. The maximum atomic E-state index is 12.1. The molecule has 0 atom stereocenters. The highest BCUT2D eigenvalue weighted by molar-refractivity contribution is 9.10. The van der Waals surface area contributed by atoms with Gasteiger partial charge in [-0.05, 0) is 59.1 Å². The van der Waals surface area contributed by atoms with Gasteiger partial charge in [-0.15, -0.1) is 10.2 Å². The number of rotatable bonds is 8. The van der Waals surface area contributed by atoms with Crippen molar-refractivity contribution in [3.05, 3.63) is 57.5 Å². The van der Waals surface area contributed by atoms with Gasteiger partial charge < -0.3 is 15.0 Å². The van der Waals surface area contributed by atoms with E-state index < -0.39 is 0 Å². The first kappa shape index (κ1) is 23.0. The van der Waals surface area contributed by atoms with Gasteiger partial charge in [-0.2, -0.15) is 0 Å². The average molecular weight is 506 g/mol. The number of carbonyl (C=O) groups excluding carboxylic acids is 2. The summed E-state index contributed by atoms with van der Waals surface area (Å²) in [6.07, 6.45) is 2.40. The molecule has 1 heterocycles. The highest BCUT2D eigenvalue weighted by Crippen LogP contribution is 2.39. The molecule has 0 aliphatic heterocycles. The molecule has 0 radical (unpaired) electrons. The van der Waals surface area contributed by atoms with Crippen LogP contribution in [0, 0.1) is 0 Å². The minimum atomic E-state index is -0.365. The fourth-order valence-electron chi connectivity index (χ4n) is 3.16. The highest BCUT2D eigenvalue weighted by Gasteiger charge is 2.15. The van der Waals surface area contributed by atoms with E-state index in [9.17, 15) is 14.7 Å². The molecule has 3 aromatic rings. The second-order valence-corrected chi connectivity index (χ2v) is 8.32. The number of unbranched alkanes of at least 4 members (excludes halogenated alkanes) is 2. The molecule has 3 rings (SSSR count). The first-order chi connectivity index (χ1) is 14.9. The molecular formula is C22H22BrClN4O3. The lowest BCUT2D eigenvalue weighted by atomic mass is 10.2. The zero-order valence-corrected chi connectivity index (χ0v) is 19.3. The minimum Gasteiger partial charge on any atom is -0.493 e. The van der Waals surface area contributed by atoms with Crippen molar-refractivity contribution in [1.82, 2.24) is 9.88 Å². The van der Waals surface area contributed by atoms with Gasteiger partial charge in [0.1, 0.15) is 0 Å². The number of benzene rings is 2. The van der Waals surface area contributed by atoms with E-state index in [2.05, 4.69) is 31.5 Å². The standard InChI is InChI=1S/C22H22BrClN4O3/c1-28-18-11-10-14(24)13-16(18)20(22(28)31)27-26-19(29)9-3-2-6-12-25-21(30)15-7-4-5-8-17(15)23/h4-5,7-8,10-11,13,31H,2-3,6,9,12H2,1H3,(H,25,30). The molecule has 0 saturated carbocycles. The molecular weight excluding hydrogens is 484 g/mol. The number of hydrogen-bond donors (Lipinski definition) is 2. The van der Waals surface area contributed by atoms with E-state index in [0.717, 1.165) is 22.8 Å². The number of fused-ring (bicyclic) bond motifs is 1.